The molecule has 0 spiro atoms. The number of esters is 1. The van der Waals surface area contributed by atoms with Gasteiger partial charge in [0.2, 0.25) is 0 Å². The lowest BCUT2D eigenvalue weighted by Gasteiger charge is -2.13. The lowest BCUT2D eigenvalue weighted by Crippen LogP contribution is -2.07. The number of carbonyl (C=O) groups excluding carboxylic acids is 1. The molecule has 3 nitrogen and oxygen atoms in total. The topological polar surface area (TPSA) is 35.5 Å². The third kappa shape index (κ3) is 3.53. The average molecular weight is 296 g/mol. The maximum absolute atomic E-state index is 12.9. The van der Waals surface area contributed by atoms with E-state index in [-0.39, 0.29) is 17.1 Å². The van der Waals surface area contributed by atoms with Gasteiger partial charge >= 0.3 is 12.1 Å². The van der Waals surface area contributed by atoms with Gasteiger partial charge in [-0.2, -0.15) is 13.2 Å². The minimum atomic E-state index is -4.52. The number of benzene rings is 2. The number of rotatable bonds is 3. The first-order chi connectivity index (χ1) is 9.91. The van der Waals surface area contributed by atoms with Crippen LogP contribution in [0.4, 0.5) is 13.2 Å². The molecule has 6 heteroatoms. The number of ether oxygens (including phenoxy) is 2. The fraction of sp³-hybridized carbons (Fsp3) is 0.133. The molecular weight excluding hydrogens is 285 g/mol. The van der Waals surface area contributed by atoms with Crippen LogP contribution in [0, 0.1) is 0 Å². The summed E-state index contributed by atoms with van der Waals surface area (Å²) >= 11 is 0. The highest BCUT2D eigenvalue weighted by Gasteiger charge is 2.34. The fourth-order valence-electron chi connectivity index (χ4n) is 1.72. The SMILES string of the molecule is COC(=O)c1cccc(Oc2ccccc2C(F)(F)F)c1. The second-order valence-corrected chi connectivity index (χ2v) is 4.12. The molecule has 2 rings (SSSR count). The van der Waals surface area contributed by atoms with Crippen LogP contribution in [-0.4, -0.2) is 13.1 Å². The number of alkyl halides is 3. The van der Waals surface area contributed by atoms with Gasteiger partial charge in [-0.05, 0) is 30.3 Å². The summed E-state index contributed by atoms with van der Waals surface area (Å²) in [6, 6.07) is 10.6. The predicted molar refractivity (Wildman–Crippen MR) is 69.3 cm³/mol. The Hall–Kier alpha value is -2.50. The fourth-order valence-corrected chi connectivity index (χ4v) is 1.72. The van der Waals surface area contributed by atoms with Gasteiger partial charge in [-0.15, -0.1) is 0 Å². The molecule has 0 fully saturated rings. The Labute approximate surface area is 118 Å². The van der Waals surface area contributed by atoms with Crippen LogP contribution in [0.5, 0.6) is 11.5 Å². The molecule has 0 unspecified atom stereocenters. The molecule has 110 valence electrons. The van der Waals surface area contributed by atoms with Gasteiger partial charge in [-0.1, -0.05) is 18.2 Å². The second-order valence-electron chi connectivity index (χ2n) is 4.12. The summed E-state index contributed by atoms with van der Waals surface area (Å²) in [5, 5.41) is 0. The number of hydrogen-bond acceptors (Lipinski definition) is 3. The van der Waals surface area contributed by atoms with Gasteiger partial charge in [-0.25, -0.2) is 4.79 Å². The molecule has 0 aromatic heterocycles. The number of halogens is 3. The van der Waals surface area contributed by atoms with Crippen molar-refractivity contribution in [2.45, 2.75) is 6.18 Å². The van der Waals surface area contributed by atoms with E-state index < -0.39 is 17.7 Å². The van der Waals surface area contributed by atoms with Crippen molar-refractivity contribution >= 4 is 5.97 Å². The molecule has 0 heterocycles. The first kappa shape index (κ1) is 14.9. The van der Waals surface area contributed by atoms with E-state index in [9.17, 15) is 18.0 Å². The van der Waals surface area contributed by atoms with Crippen molar-refractivity contribution in [1.82, 2.24) is 0 Å². The Bertz CT molecular complexity index is 651. The Morgan fingerprint density at radius 3 is 2.43 bits per heavy atom. The molecule has 0 saturated heterocycles. The zero-order valence-corrected chi connectivity index (χ0v) is 11.0. The number of carbonyl (C=O) groups is 1. The minimum absolute atomic E-state index is 0.120. The summed E-state index contributed by atoms with van der Waals surface area (Å²) in [4.78, 5) is 11.4. The van der Waals surface area contributed by atoms with Gasteiger partial charge in [0.25, 0.3) is 0 Å². The molecule has 21 heavy (non-hydrogen) atoms. The lowest BCUT2D eigenvalue weighted by atomic mass is 10.2. The maximum atomic E-state index is 12.9. The van der Waals surface area contributed by atoms with Crippen LogP contribution >= 0.6 is 0 Å². The molecule has 0 bridgehead atoms. The van der Waals surface area contributed by atoms with Crippen molar-refractivity contribution in [3.05, 3.63) is 59.7 Å². The Balaban J connectivity index is 2.33. The molecule has 2 aromatic rings. The summed E-state index contributed by atoms with van der Waals surface area (Å²) in [7, 11) is 1.22. The highest BCUT2D eigenvalue weighted by atomic mass is 19.4. The van der Waals surface area contributed by atoms with Gasteiger partial charge < -0.3 is 9.47 Å². The number of methoxy groups -OCH3 is 1. The lowest BCUT2D eigenvalue weighted by molar-refractivity contribution is -0.138. The number of para-hydroxylation sites is 1. The molecule has 0 aliphatic carbocycles. The third-order valence-electron chi connectivity index (χ3n) is 2.68. The molecular formula is C15H11F3O3. The number of hydrogen-bond donors (Lipinski definition) is 0. The minimum Gasteiger partial charge on any atom is -0.465 e. The molecule has 0 radical (unpaired) electrons. The Kier molecular flexibility index (Phi) is 4.16. The highest BCUT2D eigenvalue weighted by Crippen LogP contribution is 2.37. The summed E-state index contributed by atoms with van der Waals surface area (Å²) < 4.78 is 48.4. The van der Waals surface area contributed by atoms with E-state index in [1.54, 1.807) is 0 Å². The summed E-state index contributed by atoms with van der Waals surface area (Å²) in [5.74, 6) is -0.800. The van der Waals surface area contributed by atoms with Crippen LogP contribution in [0.3, 0.4) is 0 Å². The van der Waals surface area contributed by atoms with Gasteiger partial charge in [0.1, 0.15) is 11.5 Å². The molecule has 0 N–H and O–H groups in total. The van der Waals surface area contributed by atoms with Gasteiger partial charge in [0.05, 0.1) is 18.2 Å². The Morgan fingerprint density at radius 2 is 1.76 bits per heavy atom. The summed E-state index contributed by atoms with van der Waals surface area (Å²) in [6.07, 6.45) is -4.52. The summed E-state index contributed by atoms with van der Waals surface area (Å²) in [6.45, 7) is 0. The highest BCUT2D eigenvalue weighted by molar-refractivity contribution is 5.89. The predicted octanol–water partition coefficient (Wildman–Crippen LogP) is 4.28. The van der Waals surface area contributed by atoms with E-state index in [0.29, 0.717) is 0 Å². The maximum Gasteiger partial charge on any atom is 0.419 e. The second kappa shape index (κ2) is 5.87. The van der Waals surface area contributed by atoms with Crippen LogP contribution in [0.25, 0.3) is 0 Å². The molecule has 0 amide bonds. The average Bonchev–Trinajstić information content (AvgIpc) is 2.46. The first-order valence-corrected chi connectivity index (χ1v) is 5.94. The van der Waals surface area contributed by atoms with Crippen molar-refractivity contribution in [1.29, 1.82) is 0 Å². The molecule has 2 aromatic carbocycles. The quantitative estimate of drug-likeness (QED) is 0.793. The van der Waals surface area contributed by atoms with Gasteiger partial charge in [0.15, 0.2) is 0 Å². The molecule has 0 aliphatic heterocycles. The van der Waals surface area contributed by atoms with Crippen molar-refractivity contribution in [2.24, 2.45) is 0 Å². The van der Waals surface area contributed by atoms with E-state index in [4.69, 9.17) is 4.74 Å². The van der Waals surface area contributed by atoms with Gasteiger partial charge in [0, 0.05) is 0 Å². The van der Waals surface area contributed by atoms with Crippen molar-refractivity contribution in [2.75, 3.05) is 7.11 Å². The normalized spacial score (nSPS) is 11.0. The molecule has 0 atom stereocenters. The standard InChI is InChI=1S/C15H11F3O3/c1-20-14(19)10-5-4-6-11(9-10)21-13-8-3-2-7-12(13)15(16,17)18/h2-9H,1H3. The van der Waals surface area contributed by atoms with Gasteiger partial charge in [-0.3, -0.25) is 0 Å². The Morgan fingerprint density at radius 1 is 1.05 bits per heavy atom. The van der Waals surface area contributed by atoms with E-state index in [1.807, 2.05) is 0 Å². The van der Waals surface area contributed by atoms with Crippen molar-refractivity contribution in [3.63, 3.8) is 0 Å². The molecule has 0 saturated carbocycles. The van der Waals surface area contributed by atoms with E-state index in [2.05, 4.69) is 4.74 Å². The van der Waals surface area contributed by atoms with Crippen molar-refractivity contribution < 1.29 is 27.4 Å². The van der Waals surface area contributed by atoms with Crippen LogP contribution < -0.4 is 4.74 Å². The largest absolute Gasteiger partial charge is 0.465 e. The zero-order chi connectivity index (χ0) is 15.5. The smallest absolute Gasteiger partial charge is 0.419 e. The zero-order valence-electron chi connectivity index (χ0n) is 11.0. The van der Waals surface area contributed by atoms with Crippen molar-refractivity contribution in [3.8, 4) is 11.5 Å². The van der Waals surface area contributed by atoms with Crippen LogP contribution in [0.2, 0.25) is 0 Å². The summed E-state index contributed by atoms with van der Waals surface area (Å²) in [5.41, 5.74) is -0.687. The van der Waals surface area contributed by atoms with E-state index in [1.165, 1.54) is 49.6 Å². The molecule has 0 aliphatic rings. The third-order valence-corrected chi connectivity index (χ3v) is 2.68. The van der Waals surface area contributed by atoms with E-state index >= 15 is 0 Å². The van der Waals surface area contributed by atoms with Crippen LogP contribution in [0.1, 0.15) is 15.9 Å². The van der Waals surface area contributed by atoms with Crippen LogP contribution in [-0.2, 0) is 10.9 Å². The monoisotopic (exact) mass is 296 g/mol. The van der Waals surface area contributed by atoms with Crippen LogP contribution in [0.15, 0.2) is 48.5 Å². The van der Waals surface area contributed by atoms with E-state index in [0.717, 1.165) is 6.07 Å². The first-order valence-electron chi connectivity index (χ1n) is 5.94.